The van der Waals surface area contributed by atoms with Crippen LogP contribution in [0.3, 0.4) is 0 Å². The van der Waals surface area contributed by atoms with Crippen LogP contribution in [0.5, 0.6) is 11.5 Å². The van der Waals surface area contributed by atoms with Crippen LogP contribution >= 0.6 is 11.6 Å². The van der Waals surface area contributed by atoms with Crippen LogP contribution < -0.4 is 19.7 Å². The number of hydrogen-bond acceptors (Lipinski definition) is 5. The van der Waals surface area contributed by atoms with E-state index in [1.165, 1.54) is 31.4 Å². The second kappa shape index (κ2) is 9.34. The third-order valence-electron chi connectivity index (χ3n) is 5.04. The van der Waals surface area contributed by atoms with Gasteiger partial charge in [0.1, 0.15) is 23.0 Å². The second-order valence-electron chi connectivity index (χ2n) is 7.10. The fourth-order valence-electron chi connectivity index (χ4n) is 3.54. The third kappa shape index (κ3) is 4.40. The van der Waals surface area contributed by atoms with E-state index < -0.39 is 17.6 Å². The van der Waals surface area contributed by atoms with E-state index in [9.17, 15) is 14.0 Å². The summed E-state index contributed by atoms with van der Waals surface area (Å²) in [4.78, 5) is 27.9. The Morgan fingerprint density at radius 1 is 0.970 bits per heavy atom. The SMILES string of the molecule is CCOc1ccc(C2=C(Nc3cc(Cl)ccc3OC)C(=O)N(c3ccc(F)cc3)C2=O)cc1. The number of carbonyl (C=O) groups excluding carboxylic acids is 2. The first-order valence-corrected chi connectivity index (χ1v) is 10.5. The van der Waals surface area contributed by atoms with Crippen LogP contribution in [0.25, 0.3) is 5.57 Å². The van der Waals surface area contributed by atoms with Crippen molar-refractivity contribution in [2.45, 2.75) is 6.92 Å². The van der Waals surface area contributed by atoms with Gasteiger partial charge in [-0.25, -0.2) is 9.29 Å². The van der Waals surface area contributed by atoms with Crippen LogP contribution in [0.4, 0.5) is 15.8 Å². The van der Waals surface area contributed by atoms with E-state index in [1.807, 2.05) is 6.92 Å². The molecule has 33 heavy (non-hydrogen) atoms. The minimum absolute atomic E-state index is 0.0500. The lowest BCUT2D eigenvalue weighted by atomic mass is 10.0. The van der Waals surface area contributed by atoms with E-state index in [4.69, 9.17) is 21.1 Å². The predicted molar refractivity (Wildman–Crippen MR) is 125 cm³/mol. The number of rotatable bonds is 7. The number of nitrogens with zero attached hydrogens (tertiary/aromatic N) is 1. The largest absolute Gasteiger partial charge is 0.495 e. The molecule has 3 aromatic rings. The van der Waals surface area contributed by atoms with E-state index in [0.29, 0.717) is 34.4 Å². The van der Waals surface area contributed by atoms with Gasteiger partial charge in [-0.05, 0) is 67.1 Å². The standard InChI is InChI=1S/C25H20ClFN2O4/c1-3-33-19-11-4-15(5-12-19)22-23(28-20-14-16(26)6-13-21(20)32-2)25(31)29(24(22)30)18-9-7-17(27)8-10-18/h4-14,28H,3H2,1-2H3. The smallest absolute Gasteiger partial charge is 0.282 e. The number of imide groups is 1. The first-order valence-electron chi connectivity index (χ1n) is 10.2. The molecule has 1 aliphatic heterocycles. The van der Waals surface area contributed by atoms with Crippen molar-refractivity contribution in [3.63, 3.8) is 0 Å². The molecule has 1 N–H and O–H groups in total. The number of methoxy groups -OCH3 is 1. The van der Waals surface area contributed by atoms with Crippen LogP contribution in [-0.2, 0) is 9.59 Å². The third-order valence-corrected chi connectivity index (χ3v) is 5.28. The van der Waals surface area contributed by atoms with Crippen molar-refractivity contribution in [2.24, 2.45) is 0 Å². The maximum absolute atomic E-state index is 13.5. The summed E-state index contributed by atoms with van der Waals surface area (Å²) in [7, 11) is 1.49. The molecule has 4 rings (SSSR count). The molecule has 0 radical (unpaired) electrons. The highest BCUT2D eigenvalue weighted by atomic mass is 35.5. The van der Waals surface area contributed by atoms with Crippen molar-refractivity contribution in [1.82, 2.24) is 0 Å². The number of halogens is 2. The maximum Gasteiger partial charge on any atom is 0.282 e. The summed E-state index contributed by atoms with van der Waals surface area (Å²) >= 11 is 6.14. The second-order valence-corrected chi connectivity index (χ2v) is 7.54. The molecular formula is C25H20ClFN2O4. The van der Waals surface area contributed by atoms with Gasteiger partial charge in [0.25, 0.3) is 11.8 Å². The van der Waals surface area contributed by atoms with Crippen LogP contribution in [0.1, 0.15) is 12.5 Å². The van der Waals surface area contributed by atoms with Gasteiger partial charge in [-0.2, -0.15) is 0 Å². The summed E-state index contributed by atoms with van der Waals surface area (Å²) in [5, 5.41) is 3.46. The van der Waals surface area contributed by atoms with Crippen LogP contribution in [0, 0.1) is 5.82 Å². The first-order chi connectivity index (χ1) is 15.9. The Labute approximate surface area is 195 Å². The topological polar surface area (TPSA) is 67.9 Å². The van der Waals surface area contributed by atoms with Gasteiger partial charge in [0.2, 0.25) is 0 Å². The molecule has 6 nitrogen and oxygen atoms in total. The van der Waals surface area contributed by atoms with E-state index in [-0.39, 0.29) is 17.0 Å². The number of amides is 2. The molecule has 0 unspecified atom stereocenters. The van der Waals surface area contributed by atoms with Gasteiger partial charge in [-0.15, -0.1) is 0 Å². The van der Waals surface area contributed by atoms with Crippen LogP contribution in [0.2, 0.25) is 5.02 Å². The van der Waals surface area contributed by atoms with Crippen molar-refractivity contribution in [3.8, 4) is 11.5 Å². The molecule has 0 aliphatic carbocycles. The Bertz CT molecular complexity index is 1240. The average Bonchev–Trinajstić information content (AvgIpc) is 3.05. The lowest BCUT2D eigenvalue weighted by molar-refractivity contribution is -0.120. The highest BCUT2D eigenvalue weighted by Gasteiger charge is 2.40. The minimum Gasteiger partial charge on any atom is -0.495 e. The Morgan fingerprint density at radius 2 is 1.67 bits per heavy atom. The molecule has 1 aliphatic rings. The Kier molecular flexibility index (Phi) is 6.33. The quantitative estimate of drug-likeness (QED) is 0.480. The van der Waals surface area contributed by atoms with Crippen molar-refractivity contribution in [2.75, 3.05) is 23.9 Å². The summed E-state index contributed by atoms with van der Waals surface area (Å²) in [6.45, 7) is 2.37. The monoisotopic (exact) mass is 466 g/mol. The number of nitrogens with one attached hydrogen (secondary N) is 1. The van der Waals surface area contributed by atoms with Gasteiger partial charge in [-0.1, -0.05) is 23.7 Å². The molecule has 0 saturated carbocycles. The van der Waals surface area contributed by atoms with E-state index in [2.05, 4.69) is 5.32 Å². The van der Waals surface area contributed by atoms with Gasteiger partial charge >= 0.3 is 0 Å². The van der Waals surface area contributed by atoms with E-state index >= 15 is 0 Å². The number of ether oxygens (including phenoxy) is 2. The van der Waals surface area contributed by atoms with Crippen molar-refractivity contribution in [3.05, 3.63) is 88.8 Å². The zero-order valence-electron chi connectivity index (χ0n) is 17.9. The molecule has 0 aromatic heterocycles. The highest BCUT2D eigenvalue weighted by molar-refractivity contribution is 6.46. The molecule has 0 fully saturated rings. The molecule has 2 amide bonds. The summed E-state index contributed by atoms with van der Waals surface area (Å²) in [5.41, 5.74) is 1.41. The first kappa shape index (κ1) is 22.4. The number of carbonyl (C=O) groups is 2. The van der Waals surface area contributed by atoms with Gasteiger partial charge in [0, 0.05) is 5.02 Å². The zero-order chi connectivity index (χ0) is 23.5. The van der Waals surface area contributed by atoms with Crippen molar-refractivity contribution >= 4 is 40.4 Å². The van der Waals surface area contributed by atoms with Crippen LogP contribution in [0.15, 0.2) is 72.4 Å². The number of benzene rings is 3. The lowest BCUT2D eigenvalue weighted by Gasteiger charge is -2.16. The van der Waals surface area contributed by atoms with E-state index in [1.54, 1.807) is 42.5 Å². The normalized spacial score (nSPS) is 13.5. The average molecular weight is 467 g/mol. The van der Waals surface area contributed by atoms with E-state index in [0.717, 1.165) is 4.90 Å². The fourth-order valence-corrected chi connectivity index (χ4v) is 3.71. The summed E-state index contributed by atoms with van der Waals surface area (Å²) in [6.07, 6.45) is 0. The molecule has 3 aromatic carbocycles. The molecule has 0 saturated heterocycles. The number of anilines is 2. The van der Waals surface area contributed by atoms with Crippen LogP contribution in [-0.4, -0.2) is 25.5 Å². The molecular weight excluding hydrogens is 447 g/mol. The molecule has 168 valence electrons. The summed E-state index contributed by atoms with van der Waals surface area (Å²) in [6, 6.07) is 16.9. The molecule has 0 bridgehead atoms. The minimum atomic E-state index is -0.586. The fraction of sp³-hybridized carbons (Fsp3) is 0.120. The molecule has 0 atom stereocenters. The Morgan fingerprint density at radius 3 is 2.30 bits per heavy atom. The maximum atomic E-state index is 13.5. The van der Waals surface area contributed by atoms with Gasteiger partial charge in [0.15, 0.2) is 0 Å². The molecule has 8 heteroatoms. The summed E-state index contributed by atoms with van der Waals surface area (Å²) < 4.78 is 24.3. The Hall–Kier alpha value is -3.84. The van der Waals surface area contributed by atoms with Crippen molar-refractivity contribution in [1.29, 1.82) is 0 Å². The zero-order valence-corrected chi connectivity index (χ0v) is 18.7. The summed E-state index contributed by atoms with van der Waals surface area (Å²) in [5.74, 6) is -0.519. The lowest BCUT2D eigenvalue weighted by Crippen LogP contribution is -2.32. The van der Waals surface area contributed by atoms with Gasteiger partial charge in [0.05, 0.1) is 30.7 Å². The Balaban J connectivity index is 1.82. The predicted octanol–water partition coefficient (Wildman–Crippen LogP) is 5.28. The molecule has 1 heterocycles. The van der Waals surface area contributed by atoms with Gasteiger partial charge < -0.3 is 14.8 Å². The van der Waals surface area contributed by atoms with Crippen molar-refractivity contribution < 1.29 is 23.5 Å². The molecule has 0 spiro atoms. The van der Waals surface area contributed by atoms with Gasteiger partial charge in [-0.3, -0.25) is 9.59 Å². The number of hydrogen-bond donors (Lipinski definition) is 1. The highest BCUT2D eigenvalue weighted by Crippen LogP contribution is 2.37.